The maximum Gasteiger partial charge on any atom is 2.00 e. The van der Waals surface area contributed by atoms with Crippen molar-refractivity contribution in [1.82, 2.24) is 0 Å². The summed E-state index contributed by atoms with van der Waals surface area (Å²) >= 11 is 0. The molecule has 0 heterocycles. The number of hydrogen-bond acceptors (Lipinski definition) is 0. The molecule has 18 heavy (non-hydrogen) atoms. The largest absolute Gasteiger partial charge is 2.00 e. The maximum atomic E-state index is 3.50. The second kappa shape index (κ2) is 5.48. The van der Waals surface area contributed by atoms with Gasteiger partial charge in [0.05, 0.1) is 0 Å². The minimum absolute atomic E-state index is 0. The number of allylic oxidation sites excluding steroid dienone is 8. The van der Waals surface area contributed by atoms with Gasteiger partial charge in [0.15, 0.2) is 0 Å². The number of hydrogen-bond donors (Lipinski definition) is 0. The molecule has 2 rings (SSSR count). The van der Waals surface area contributed by atoms with Crippen LogP contribution in [-0.2, 0) is 21.7 Å². The van der Waals surface area contributed by atoms with E-state index in [4.69, 9.17) is 0 Å². The monoisotopic (exact) mass is 290 g/mol. The van der Waals surface area contributed by atoms with Crippen molar-refractivity contribution in [3.05, 3.63) is 44.8 Å². The fourth-order valence-corrected chi connectivity index (χ4v) is 8.27. The van der Waals surface area contributed by atoms with Crippen molar-refractivity contribution in [3.63, 3.8) is 0 Å². The predicted octanol–water partition coefficient (Wildman–Crippen LogP) is 4.71. The molecule has 94 valence electrons. The van der Waals surface area contributed by atoms with Gasteiger partial charge in [-0.2, -0.15) is 11.1 Å². The van der Waals surface area contributed by atoms with Crippen LogP contribution in [0.25, 0.3) is 0 Å². The predicted molar refractivity (Wildman–Crippen MR) is 77.0 cm³/mol. The standard InChI is InChI=1S/C16H22Si.Ti/c1-11-7-8-12(2)15(11)17(5,6)16-13(3)9-10-14(16)4;/h7,9H2,1-6H3;/q-2;+2. The molecule has 0 N–H and O–H groups in total. The smallest absolute Gasteiger partial charge is 0.269 e. The summed E-state index contributed by atoms with van der Waals surface area (Å²) in [5.41, 5.74) is 5.89. The van der Waals surface area contributed by atoms with Gasteiger partial charge in [-0.25, -0.2) is 21.5 Å². The van der Waals surface area contributed by atoms with Crippen LogP contribution in [0.1, 0.15) is 40.5 Å². The topological polar surface area (TPSA) is 0 Å². The van der Waals surface area contributed by atoms with Gasteiger partial charge in [0, 0.05) is 0 Å². The molecule has 0 saturated heterocycles. The van der Waals surface area contributed by atoms with Crippen LogP contribution in [0.3, 0.4) is 0 Å². The Kier molecular flexibility index (Phi) is 4.86. The van der Waals surface area contributed by atoms with E-state index in [1.165, 1.54) is 11.1 Å². The van der Waals surface area contributed by atoms with Crippen molar-refractivity contribution in [2.75, 3.05) is 0 Å². The minimum atomic E-state index is -1.53. The zero-order valence-electron chi connectivity index (χ0n) is 12.4. The molecule has 0 saturated carbocycles. The quantitative estimate of drug-likeness (QED) is 0.510. The van der Waals surface area contributed by atoms with Gasteiger partial charge in [-0.15, -0.1) is 12.8 Å². The van der Waals surface area contributed by atoms with Crippen LogP contribution in [0.15, 0.2) is 32.7 Å². The molecule has 0 atom stereocenters. The molecule has 2 heteroatoms. The molecule has 0 radical (unpaired) electrons. The number of rotatable bonds is 2. The summed E-state index contributed by atoms with van der Waals surface area (Å²) in [6, 6.07) is 0. The zero-order chi connectivity index (χ0) is 12.8. The van der Waals surface area contributed by atoms with Crippen molar-refractivity contribution < 1.29 is 21.7 Å². The third kappa shape index (κ3) is 2.45. The summed E-state index contributed by atoms with van der Waals surface area (Å²) in [6.45, 7) is 14.0. The first kappa shape index (κ1) is 15.9. The first-order valence-corrected chi connectivity index (χ1v) is 9.41. The molecule has 0 aromatic carbocycles. The van der Waals surface area contributed by atoms with Gasteiger partial charge in [-0.05, 0) is 0 Å². The minimum Gasteiger partial charge on any atom is -0.269 e. The Balaban J connectivity index is 0.00000162. The van der Waals surface area contributed by atoms with Gasteiger partial charge >= 0.3 is 21.7 Å². The van der Waals surface area contributed by atoms with Crippen LogP contribution >= 0.6 is 0 Å². The molecule has 0 spiro atoms. The molecule has 0 nitrogen and oxygen atoms in total. The van der Waals surface area contributed by atoms with E-state index in [0.717, 1.165) is 12.8 Å². The average Bonchev–Trinajstić information content (AvgIpc) is 2.71. The van der Waals surface area contributed by atoms with Gasteiger partial charge in [0.25, 0.3) is 0 Å². The van der Waals surface area contributed by atoms with E-state index in [9.17, 15) is 0 Å². The molecule has 2 aliphatic rings. The summed E-state index contributed by atoms with van der Waals surface area (Å²) < 4.78 is 0. The Labute approximate surface area is 128 Å². The van der Waals surface area contributed by atoms with Gasteiger partial charge < -0.3 is 0 Å². The maximum absolute atomic E-state index is 3.50. The summed E-state index contributed by atoms with van der Waals surface area (Å²) in [5.74, 6) is 0. The van der Waals surface area contributed by atoms with E-state index in [-0.39, 0.29) is 21.7 Å². The first-order valence-electron chi connectivity index (χ1n) is 6.41. The molecule has 0 aliphatic heterocycles. The zero-order valence-corrected chi connectivity index (χ0v) is 15.0. The molecular formula is C16H22SiTi. The van der Waals surface area contributed by atoms with Crippen LogP contribution in [0.2, 0.25) is 13.1 Å². The fraction of sp³-hybridized carbons (Fsp3) is 0.500. The van der Waals surface area contributed by atoms with E-state index in [1.807, 2.05) is 0 Å². The molecule has 0 fully saturated rings. The van der Waals surface area contributed by atoms with Crippen LogP contribution < -0.4 is 0 Å². The third-order valence-electron chi connectivity index (χ3n) is 4.09. The molecule has 0 amide bonds. The van der Waals surface area contributed by atoms with Gasteiger partial charge in [-0.1, -0.05) is 48.9 Å². The van der Waals surface area contributed by atoms with Crippen molar-refractivity contribution in [3.8, 4) is 0 Å². The van der Waals surface area contributed by atoms with E-state index in [0.29, 0.717) is 0 Å². The van der Waals surface area contributed by atoms with E-state index < -0.39 is 8.07 Å². The SMILES string of the molecule is CC1=[C-]CC(C)=C1[Si](C)(C)C1=C(C)C[C-]=C1C.[Ti+2]. The molecule has 0 bridgehead atoms. The van der Waals surface area contributed by atoms with Gasteiger partial charge in [-0.3, -0.25) is 12.2 Å². The summed E-state index contributed by atoms with van der Waals surface area (Å²) in [4.78, 5) is 0. The van der Waals surface area contributed by atoms with E-state index >= 15 is 0 Å². The second-order valence-electron chi connectivity index (χ2n) is 5.89. The van der Waals surface area contributed by atoms with E-state index in [2.05, 4.69) is 52.9 Å². The Hall–Kier alpha value is -0.109. The Morgan fingerprint density at radius 2 is 1.11 bits per heavy atom. The first-order chi connectivity index (χ1) is 7.85. The van der Waals surface area contributed by atoms with Crippen LogP contribution in [0.4, 0.5) is 0 Å². The van der Waals surface area contributed by atoms with Crippen LogP contribution in [0, 0.1) is 12.2 Å². The summed E-state index contributed by atoms with van der Waals surface area (Å²) in [5, 5.41) is 3.27. The fourth-order valence-electron chi connectivity index (χ4n) is 3.65. The molecule has 0 aromatic rings. The van der Waals surface area contributed by atoms with Crippen molar-refractivity contribution in [1.29, 1.82) is 0 Å². The average molecular weight is 290 g/mol. The third-order valence-corrected chi connectivity index (χ3v) is 8.19. The molecular weight excluding hydrogens is 268 g/mol. The Morgan fingerprint density at radius 3 is 1.33 bits per heavy atom. The summed E-state index contributed by atoms with van der Waals surface area (Å²) in [7, 11) is -1.53. The Morgan fingerprint density at radius 1 is 0.778 bits per heavy atom. The molecule has 0 aromatic heterocycles. The van der Waals surface area contributed by atoms with Crippen LogP contribution in [-0.4, -0.2) is 8.07 Å². The van der Waals surface area contributed by atoms with Gasteiger partial charge in [0.2, 0.25) is 0 Å². The van der Waals surface area contributed by atoms with Crippen molar-refractivity contribution in [2.45, 2.75) is 53.6 Å². The van der Waals surface area contributed by atoms with Gasteiger partial charge in [0.1, 0.15) is 0 Å². The molecule has 0 unspecified atom stereocenters. The summed E-state index contributed by atoms with van der Waals surface area (Å²) in [6.07, 6.45) is 9.08. The molecule has 2 aliphatic carbocycles. The second-order valence-corrected chi connectivity index (χ2v) is 10.1. The normalized spacial score (nSPS) is 20.1. The Bertz CT molecular complexity index is 443. The van der Waals surface area contributed by atoms with Crippen LogP contribution in [0.5, 0.6) is 0 Å². The van der Waals surface area contributed by atoms with Crippen molar-refractivity contribution >= 4 is 8.07 Å². The van der Waals surface area contributed by atoms with Crippen molar-refractivity contribution in [2.24, 2.45) is 0 Å². The van der Waals surface area contributed by atoms with E-state index in [1.54, 1.807) is 21.5 Å².